The van der Waals surface area contributed by atoms with Gasteiger partial charge >= 0.3 is 0 Å². The minimum absolute atomic E-state index is 0.0537. The summed E-state index contributed by atoms with van der Waals surface area (Å²) < 4.78 is 38.1. The van der Waals surface area contributed by atoms with Gasteiger partial charge in [-0.15, -0.1) is 11.3 Å². The zero-order chi connectivity index (χ0) is 18.5. The van der Waals surface area contributed by atoms with Crippen LogP contribution >= 0.6 is 11.3 Å². The number of nitrogens with zero attached hydrogens (tertiary/aromatic N) is 3. The van der Waals surface area contributed by atoms with E-state index in [9.17, 15) is 12.8 Å². The van der Waals surface area contributed by atoms with Gasteiger partial charge in [-0.25, -0.2) is 22.8 Å². The number of fused-ring (bicyclic) bond motifs is 2. The molecule has 6 nitrogen and oxygen atoms in total. The number of aryl methyl sites for hydroxylation is 2. The third kappa shape index (κ3) is 2.77. The summed E-state index contributed by atoms with van der Waals surface area (Å²) in [4.78, 5) is 10.6. The second-order valence-electron chi connectivity index (χ2n) is 6.07. The van der Waals surface area contributed by atoms with E-state index in [0.717, 1.165) is 26.7 Å². The molecule has 4 rings (SSSR count). The van der Waals surface area contributed by atoms with Crippen molar-refractivity contribution in [3.8, 4) is 0 Å². The largest absolute Gasteiger partial charge is 0.260 e. The molecule has 0 atom stereocenters. The first-order valence-electron chi connectivity index (χ1n) is 7.93. The monoisotopic (exact) mass is 390 g/mol. The van der Waals surface area contributed by atoms with Crippen molar-refractivity contribution in [2.75, 3.05) is 11.2 Å². The first-order valence-corrected chi connectivity index (χ1v) is 10.4. The quantitative estimate of drug-likeness (QED) is 0.535. The molecule has 0 saturated carbocycles. The number of nitrogens with one attached hydrogen (secondary N) is 1. The molecule has 0 radical (unpaired) electrons. The molecule has 3 heterocycles. The first-order chi connectivity index (χ1) is 12.4. The second-order valence-corrected chi connectivity index (χ2v) is 9.35. The maximum Gasteiger partial charge on any atom is 0.179 e. The Hall–Kier alpha value is -2.39. The highest BCUT2D eigenvalue weighted by atomic mass is 32.2. The Morgan fingerprint density at radius 1 is 1.27 bits per heavy atom. The fraction of sp³-hybridized carbons (Fsp3) is 0.235. The molecule has 0 bridgehead atoms. The maximum absolute atomic E-state index is 13.7. The van der Waals surface area contributed by atoms with Crippen LogP contribution in [0, 0.1) is 19.7 Å². The van der Waals surface area contributed by atoms with E-state index in [1.54, 1.807) is 11.3 Å². The highest BCUT2D eigenvalue weighted by molar-refractivity contribution is 7.91. The van der Waals surface area contributed by atoms with Gasteiger partial charge in [0.05, 0.1) is 21.7 Å². The lowest BCUT2D eigenvalue weighted by atomic mass is 10.1. The SMILES string of the molecule is Cc1sc2ncnc(N/N=C3/CCS(=O)(=O)c4ccc(F)cc43)c2c1C. The number of thiophene rings is 1. The Balaban J connectivity index is 1.78. The fourth-order valence-corrected chi connectivity index (χ4v) is 5.44. The zero-order valence-corrected chi connectivity index (χ0v) is 15.7. The molecule has 1 aliphatic heterocycles. The van der Waals surface area contributed by atoms with Crippen molar-refractivity contribution in [1.82, 2.24) is 9.97 Å². The van der Waals surface area contributed by atoms with Crippen molar-refractivity contribution in [1.29, 1.82) is 0 Å². The molecule has 0 amide bonds. The average molecular weight is 390 g/mol. The van der Waals surface area contributed by atoms with Crippen LogP contribution in [-0.4, -0.2) is 29.9 Å². The van der Waals surface area contributed by atoms with E-state index in [2.05, 4.69) is 20.5 Å². The summed E-state index contributed by atoms with van der Waals surface area (Å²) in [7, 11) is -3.41. The van der Waals surface area contributed by atoms with Gasteiger partial charge in [-0.3, -0.25) is 5.43 Å². The van der Waals surface area contributed by atoms with Crippen molar-refractivity contribution < 1.29 is 12.8 Å². The Bertz CT molecular complexity index is 1170. The Morgan fingerprint density at radius 2 is 2.08 bits per heavy atom. The average Bonchev–Trinajstić information content (AvgIpc) is 2.89. The van der Waals surface area contributed by atoms with Crippen molar-refractivity contribution in [2.45, 2.75) is 25.2 Å². The van der Waals surface area contributed by atoms with Crippen LogP contribution in [0.1, 0.15) is 22.4 Å². The summed E-state index contributed by atoms with van der Waals surface area (Å²) in [5, 5.41) is 5.24. The van der Waals surface area contributed by atoms with Gasteiger partial charge in [-0.1, -0.05) is 0 Å². The molecule has 2 aromatic heterocycles. The van der Waals surface area contributed by atoms with E-state index in [0.29, 0.717) is 17.1 Å². The number of anilines is 1. The summed E-state index contributed by atoms with van der Waals surface area (Å²) >= 11 is 1.58. The first kappa shape index (κ1) is 17.0. The number of hydrogen-bond donors (Lipinski definition) is 1. The molecule has 1 aliphatic rings. The number of hydrogen-bond acceptors (Lipinski definition) is 7. The minimum atomic E-state index is -3.41. The lowest BCUT2D eigenvalue weighted by molar-refractivity contribution is 0.593. The molecular weight excluding hydrogens is 375 g/mol. The molecule has 26 heavy (non-hydrogen) atoms. The van der Waals surface area contributed by atoms with Crippen molar-refractivity contribution in [3.63, 3.8) is 0 Å². The summed E-state index contributed by atoms with van der Waals surface area (Å²) in [5.74, 6) is 0.0000631. The lowest BCUT2D eigenvalue weighted by Gasteiger charge is -2.18. The Labute approximate surface area is 153 Å². The number of hydrazone groups is 1. The lowest BCUT2D eigenvalue weighted by Crippen LogP contribution is -2.23. The molecule has 3 aromatic rings. The predicted octanol–water partition coefficient (Wildman–Crippen LogP) is 3.44. The van der Waals surface area contributed by atoms with Gasteiger partial charge < -0.3 is 0 Å². The minimum Gasteiger partial charge on any atom is -0.260 e. The van der Waals surface area contributed by atoms with Crippen LogP contribution in [0.4, 0.5) is 10.2 Å². The molecule has 0 spiro atoms. The fourth-order valence-electron chi connectivity index (χ4n) is 2.98. The van der Waals surface area contributed by atoms with Gasteiger partial charge in [0.25, 0.3) is 0 Å². The van der Waals surface area contributed by atoms with Crippen LogP contribution in [0.3, 0.4) is 0 Å². The van der Waals surface area contributed by atoms with Crippen LogP contribution in [0.25, 0.3) is 10.2 Å². The van der Waals surface area contributed by atoms with Crippen LogP contribution in [0.2, 0.25) is 0 Å². The van der Waals surface area contributed by atoms with Gasteiger partial charge in [-0.2, -0.15) is 5.10 Å². The van der Waals surface area contributed by atoms with Crippen LogP contribution < -0.4 is 5.43 Å². The number of sulfone groups is 1. The normalized spacial score (nSPS) is 17.4. The highest BCUT2D eigenvalue weighted by Gasteiger charge is 2.28. The molecule has 0 fully saturated rings. The number of rotatable bonds is 2. The summed E-state index contributed by atoms with van der Waals surface area (Å²) in [5.41, 5.74) is 4.79. The van der Waals surface area contributed by atoms with Gasteiger partial charge in [0.15, 0.2) is 15.7 Å². The van der Waals surface area contributed by atoms with E-state index in [4.69, 9.17) is 0 Å². The Morgan fingerprint density at radius 3 is 2.88 bits per heavy atom. The molecule has 0 aliphatic carbocycles. The van der Waals surface area contributed by atoms with E-state index >= 15 is 0 Å². The second kappa shape index (κ2) is 6.10. The number of aromatic nitrogens is 2. The zero-order valence-electron chi connectivity index (χ0n) is 14.1. The smallest absolute Gasteiger partial charge is 0.179 e. The number of halogens is 1. The molecule has 1 aromatic carbocycles. The molecule has 1 N–H and O–H groups in total. The summed E-state index contributed by atoms with van der Waals surface area (Å²) in [6, 6.07) is 3.66. The van der Waals surface area contributed by atoms with Crippen LogP contribution in [0.5, 0.6) is 0 Å². The van der Waals surface area contributed by atoms with Gasteiger partial charge in [-0.05, 0) is 37.6 Å². The molecule has 134 valence electrons. The molecule has 0 saturated heterocycles. The van der Waals surface area contributed by atoms with Gasteiger partial charge in [0.1, 0.15) is 17.0 Å². The summed E-state index contributed by atoms with van der Waals surface area (Å²) in [6.07, 6.45) is 1.67. The molecular formula is C17H15FN4O2S2. The van der Waals surface area contributed by atoms with Crippen molar-refractivity contribution in [2.24, 2.45) is 5.10 Å². The molecule has 9 heteroatoms. The van der Waals surface area contributed by atoms with E-state index < -0.39 is 15.7 Å². The topological polar surface area (TPSA) is 84.3 Å². The van der Waals surface area contributed by atoms with Gasteiger partial charge in [0.2, 0.25) is 0 Å². The molecule has 0 unspecified atom stereocenters. The van der Waals surface area contributed by atoms with E-state index in [1.807, 2.05) is 13.8 Å². The van der Waals surface area contributed by atoms with Crippen LogP contribution in [-0.2, 0) is 9.84 Å². The van der Waals surface area contributed by atoms with Crippen LogP contribution in [0.15, 0.2) is 34.5 Å². The van der Waals surface area contributed by atoms with E-state index in [1.165, 1.54) is 18.5 Å². The van der Waals surface area contributed by atoms with Crippen molar-refractivity contribution in [3.05, 3.63) is 46.3 Å². The van der Waals surface area contributed by atoms with Gasteiger partial charge in [0, 0.05) is 16.9 Å². The van der Waals surface area contributed by atoms with Crippen molar-refractivity contribution >= 4 is 42.9 Å². The predicted molar refractivity (Wildman–Crippen MR) is 100 cm³/mol. The standard InChI is InChI=1S/C17H15FN4O2S2/c1-9-10(2)25-17-15(9)16(19-8-20-17)22-21-13-5-6-26(23,24)14-4-3-11(18)7-12(13)14/h3-4,7-8H,5-6H2,1-2H3,(H,19,20,22)/b21-13-. The highest BCUT2D eigenvalue weighted by Crippen LogP contribution is 2.33. The third-order valence-corrected chi connectivity index (χ3v) is 7.34. The number of benzene rings is 1. The third-order valence-electron chi connectivity index (χ3n) is 4.46. The van der Waals surface area contributed by atoms with E-state index in [-0.39, 0.29) is 17.1 Å². The summed E-state index contributed by atoms with van der Waals surface area (Å²) in [6.45, 7) is 4.01. The Kier molecular flexibility index (Phi) is 4.00. The maximum atomic E-state index is 13.7.